The lowest BCUT2D eigenvalue weighted by Crippen LogP contribution is -1.99. The van der Waals surface area contributed by atoms with Crippen molar-refractivity contribution in [2.75, 3.05) is 12.4 Å². The predicted octanol–water partition coefficient (Wildman–Crippen LogP) is 2.92. The fourth-order valence-corrected chi connectivity index (χ4v) is 2.33. The van der Waals surface area contributed by atoms with E-state index in [0.717, 1.165) is 15.3 Å². The molecule has 0 aliphatic carbocycles. The summed E-state index contributed by atoms with van der Waals surface area (Å²) in [7, 11) is 1.61. The normalized spacial score (nSPS) is 10.1. The van der Waals surface area contributed by atoms with E-state index in [9.17, 15) is 0 Å². The van der Waals surface area contributed by atoms with Gasteiger partial charge in [0.25, 0.3) is 0 Å². The molecule has 0 atom stereocenters. The molecule has 0 saturated carbocycles. The van der Waals surface area contributed by atoms with Gasteiger partial charge in [-0.2, -0.15) is 0 Å². The van der Waals surface area contributed by atoms with E-state index in [2.05, 4.69) is 31.2 Å². The van der Waals surface area contributed by atoms with E-state index < -0.39 is 0 Å². The maximum Gasteiger partial charge on any atom is 0.213 e. The molecule has 0 aliphatic rings. The number of rotatable bonds is 4. The molecular formula is C10H10BrN3OS. The van der Waals surface area contributed by atoms with Crippen LogP contribution in [0.4, 0.5) is 5.13 Å². The summed E-state index contributed by atoms with van der Waals surface area (Å²) in [6.07, 6.45) is 1.73. The van der Waals surface area contributed by atoms with Crippen LogP contribution in [-0.4, -0.2) is 17.1 Å². The third kappa shape index (κ3) is 2.93. The first-order chi connectivity index (χ1) is 7.78. The number of aromatic nitrogens is 2. The van der Waals surface area contributed by atoms with Gasteiger partial charge in [-0.15, -0.1) is 11.3 Å². The Labute approximate surface area is 106 Å². The molecule has 2 aromatic heterocycles. The second-order valence-electron chi connectivity index (χ2n) is 3.04. The van der Waals surface area contributed by atoms with Gasteiger partial charge >= 0.3 is 0 Å². The van der Waals surface area contributed by atoms with Crippen molar-refractivity contribution in [2.24, 2.45) is 0 Å². The summed E-state index contributed by atoms with van der Waals surface area (Å²) >= 11 is 4.87. The Bertz CT molecular complexity index is 475. The van der Waals surface area contributed by atoms with E-state index in [0.29, 0.717) is 12.4 Å². The van der Waals surface area contributed by atoms with Gasteiger partial charge in [-0.05, 0) is 27.6 Å². The van der Waals surface area contributed by atoms with E-state index in [1.807, 2.05) is 17.5 Å². The Balaban J connectivity index is 1.99. The van der Waals surface area contributed by atoms with Gasteiger partial charge in [0.2, 0.25) is 5.88 Å². The highest BCUT2D eigenvalue weighted by molar-refractivity contribution is 9.10. The second-order valence-corrected chi connectivity index (χ2v) is 4.71. The standard InChI is InChI=1S/C10H10BrN3OS/c1-15-9-4-7(2-3-12-9)5-13-10-14-8(11)6-16-10/h2-4,6H,5H2,1H3,(H,13,14). The van der Waals surface area contributed by atoms with Gasteiger partial charge in [-0.1, -0.05) is 0 Å². The Morgan fingerprint density at radius 3 is 3.12 bits per heavy atom. The fraction of sp³-hybridized carbons (Fsp3) is 0.200. The topological polar surface area (TPSA) is 47.0 Å². The Morgan fingerprint density at radius 1 is 1.56 bits per heavy atom. The SMILES string of the molecule is COc1cc(CNc2nc(Br)cs2)ccn1. The molecule has 0 aromatic carbocycles. The molecule has 2 aromatic rings. The molecule has 2 rings (SSSR count). The van der Waals surface area contributed by atoms with E-state index in [1.165, 1.54) is 0 Å². The molecule has 1 N–H and O–H groups in total. The minimum absolute atomic E-state index is 0.625. The van der Waals surface area contributed by atoms with Crippen molar-refractivity contribution < 1.29 is 4.74 Å². The molecule has 0 spiro atoms. The maximum absolute atomic E-state index is 5.05. The molecule has 84 valence electrons. The van der Waals surface area contributed by atoms with Crippen molar-refractivity contribution >= 4 is 32.4 Å². The molecule has 0 amide bonds. The summed E-state index contributed by atoms with van der Waals surface area (Å²) in [5.41, 5.74) is 1.11. The van der Waals surface area contributed by atoms with Gasteiger partial charge in [-0.3, -0.25) is 0 Å². The van der Waals surface area contributed by atoms with Crippen LogP contribution in [0, 0.1) is 0 Å². The quantitative estimate of drug-likeness (QED) is 0.943. The van der Waals surface area contributed by atoms with Crippen LogP contribution in [0.1, 0.15) is 5.56 Å². The average Bonchev–Trinajstić information content (AvgIpc) is 2.73. The minimum Gasteiger partial charge on any atom is -0.481 e. The van der Waals surface area contributed by atoms with Crippen molar-refractivity contribution in [3.05, 3.63) is 33.9 Å². The lowest BCUT2D eigenvalue weighted by molar-refractivity contribution is 0.397. The predicted molar refractivity (Wildman–Crippen MR) is 67.9 cm³/mol. The average molecular weight is 300 g/mol. The highest BCUT2D eigenvalue weighted by atomic mass is 79.9. The first-order valence-electron chi connectivity index (χ1n) is 4.62. The van der Waals surface area contributed by atoms with Crippen molar-refractivity contribution in [3.8, 4) is 5.88 Å². The van der Waals surface area contributed by atoms with Gasteiger partial charge in [0, 0.05) is 24.2 Å². The molecule has 0 unspecified atom stereocenters. The molecule has 0 saturated heterocycles. The van der Waals surface area contributed by atoms with Gasteiger partial charge in [0.05, 0.1) is 7.11 Å². The number of hydrogen-bond acceptors (Lipinski definition) is 5. The Morgan fingerprint density at radius 2 is 2.44 bits per heavy atom. The first-order valence-corrected chi connectivity index (χ1v) is 6.29. The summed E-state index contributed by atoms with van der Waals surface area (Å²) in [6, 6.07) is 3.84. The van der Waals surface area contributed by atoms with E-state index in [-0.39, 0.29) is 0 Å². The lowest BCUT2D eigenvalue weighted by Gasteiger charge is -2.04. The van der Waals surface area contributed by atoms with Crippen LogP contribution in [0.25, 0.3) is 0 Å². The molecule has 4 nitrogen and oxygen atoms in total. The maximum atomic E-state index is 5.05. The first kappa shape index (κ1) is 11.3. The number of nitrogens with zero attached hydrogens (tertiary/aromatic N) is 2. The Hall–Kier alpha value is -1.14. The summed E-state index contributed by atoms with van der Waals surface area (Å²) in [4.78, 5) is 8.29. The zero-order valence-corrected chi connectivity index (χ0v) is 11.0. The van der Waals surface area contributed by atoms with Gasteiger partial charge in [0.15, 0.2) is 5.13 Å². The number of anilines is 1. The highest BCUT2D eigenvalue weighted by Crippen LogP contribution is 2.20. The molecule has 6 heteroatoms. The van der Waals surface area contributed by atoms with Crippen molar-refractivity contribution in [3.63, 3.8) is 0 Å². The molecule has 16 heavy (non-hydrogen) atoms. The minimum atomic E-state index is 0.625. The molecule has 2 heterocycles. The number of nitrogens with one attached hydrogen (secondary N) is 1. The van der Waals surface area contributed by atoms with E-state index in [4.69, 9.17) is 4.74 Å². The molecular weight excluding hydrogens is 290 g/mol. The van der Waals surface area contributed by atoms with Crippen LogP contribution in [0.15, 0.2) is 28.3 Å². The zero-order valence-electron chi connectivity index (χ0n) is 8.61. The lowest BCUT2D eigenvalue weighted by atomic mass is 10.3. The molecule has 0 fully saturated rings. The van der Waals surface area contributed by atoms with Gasteiger partial charge < -0.3 is 10.1 Å². The summed E-state index contributed by atoms with van der Waals surface area (Å²) in [6.45, 7) is 0.707. The molecule has 0 radical (unpaired) electrons. The van der Waals surface area contributed by atoms with Crippen molar-refractivity contribution in [2.45, 2.75) is 6.54 Å². The molecule has 0 aliphatic heterocycles. The largest absolute Gasteiger partial charge is 0.481 e. The number of ether oxygens (including phenoxy) is 1. The third-order valence-corrected chi connectivity index (χ3v) is 3.44. The summed E-state index contributed by atoms with van der Waals surface area (Å²) in [5.74, 6) is 0.625. The highest BCUT2D eigenvalue weighted by Gasteiger charge is 2.00. The van der Waals surface area contributed by atoms with Crippen LogP contribution in [0.5, 0.6) is 5.88 Å². The van der Waals surface area contributed by atoms with Gasteiger partial charge in [-0.25, -0.2) is 9.97 Å². The van der Waals surface area contributed by atoms with E-state index >= 15 is 0 Å². The molecule has 0 bridgehead atoms. The van der Waals surface area contributed by atoms with Gasteiger partial charge in [0.1, 0.15) is 4.60 Å². The van der Waals surface area contributed by atoms with Crippen molar-refractivity contribution in [1.29, 1.82) is 0 Å². The second kappa shape index (κ2) is 5.27. The van der Waals surface area contributed by atoms with Crippen LogP contribution in [0.2, 0.25) is 0 Å². The van der Waals surface area contributed by atoms with Crippen LogP contribution < -0.4 is 10.1 Å². The fourth-order valence-electron chi connectivity index (χ4n) is 1.19. The third-order valence-electron chi connectivity index (χ3n) is 1.93. The number of pyridine rings is 1. The van der Waals surface area contributed by atoms with Crippen LogP contribution in [0.3, 0.4) is 0 Å². The van der Waals surface area contributed by atoms with Crippen molar-refractivity contribution in [1.82, 2.24) is 9.97 Å². The van der Waals surface area contributed by atoms with E-state index in [1.54, 1.807) is 24.6 Å². The number of halogens is 1. The number of thiazole rings is 1. The Kier molecular flexibility index (Phi) is 3.74. The summed E-state index contributed by atoms with van der Waals surface area (Å²) < 4.78 is 5.91. The summed E-state index contributed by atoms with van der Waals surface area (Å²) in [5, 5.41) is 6.06. The number of hydrogen-bond donors (Lipinski definition) is 1. The monoisotopic (exact) mass is 299 g/mol. The van der Waals surface area contributed by atoms with Crippen LogP contribution >= 0.6 is 27.3 Å². The van der Waals surface area contributed by atoms with Crippen LogP contribution in [-0.2, 0) is 6.54 Å². The smallest absolute Gasteiger partial charge is 0.213 e. The zero-order chi connectivity index (χ0) is 11.4. The number of methoxy groups -OCH3 is 1.